The first-order valence-electron chi connectivity index (χ1n) is 7.27. The van der Waals surface area contributed by atoms with E-state index in [1.165, 1.54) is 12.0 Å². The minimum atomic E-state index is 0.218. The normalized spacial score (nSPS) is 12.7. The molecule has 0 fully saturated rings. The molecule has 3 heteroatoms. The Bertz CT molecular complexity index is 379. The molecule has 0 radical (unpaired) electrons. The van der Waals surface area contributed by atoms with Gasteiger partial charge in [0.25, 0.3) is 0 Å². The van der Waals surface area contributed by atoms with Crippen molar-refractivity contribution in [1.82, 2.24) is 4.90 Å². The Hall–Kier alpha value is -1.22. The van der Waals surface area contributed by atoms with Crippen LogP contribution in [0.4, 0.5) is 0 Å². The van der Waals surface area contributed by atoms with Crippen LogP contribution in [0, 0.1) is 5.92 Å². The first-order chi connectivity index (χ1) is 9.10. The van der Waals surface area contributed by atoms with Gasteiger partial charge in [-0.3, -0.25) is 4.90 Å². The van der Waals surface area contributed by atoms with E-state index in [4.69, 9.17) is 4.74 Å². The van der Waals surface area contributed by atoms with Crippen LogP contribution >= 0.6 is 0 Å². The number of ether oxygens (including phenoxy) is 1. The summed E-state index contributed by atoms with van der Waals surface area (Å²) in [6, 6.07) is 5.63. The maximum atomic E-state index is 9.70. The van der Waals surface area contributed by atoms with Crippen molar-refractivity contribution in [3.63, 3.8) is 0 Å². The largest absolute Gasteiger partial charge is 0.504 e. The van der Waals surface area contributed by atoms with Gasteiger partial charge in [0.1, 0.15) is 0 Å². The van der Waals surface area contributed by atoms with Crippen LogP contribution in [-0.4, -0.2) is 29.7 Å². The lowest BCUT2D eigenvalue weighted by molar-refractivity contribution is 0.237. The van der Waals surface area contributed by atoms with Gasteiger partial charge < -0.3 is 9.84 Å². The first kappa shape index (κ1) is 15.8. The third-order valence-electron chi connectivity index (χ3n) is 3.44. The zero-order valence-corrected chi connectivity index (χ0v) is 12.6. The summed E-state index contributed by atoms with van der Waals surface area (Å²) in [7, 11) is 0. The van der Waals surface area contributed by atoms with E-state index < -0.39 is 0 Å². The Morgan fingerprint density at radius 2 is 2.00 bits per heavy atom. The second-order valence-electron chi connectivity index (χ2n) is 5.08. The smallest absolute Gasteiger partial charge is 0.161 e. The molecule has 3 nitrogen and oxygen atoms in total. The van der Waals surface area contributed by atoms with Crippen molar-refractivity contribution in [2.24, 2.45) is 5.92 Å². The summed E-state index contributed by atoms with van der Waals surface area (Å²) in [6.45, 7) is 12.2. The molecule has 1 rings (SSSR count). The van der Waals surface area contributed by atoms with Crippen molar-refractivity contribution >= 4 is 0 Å². The number of nitrogens with zero attached hydrogens (tertiary/aromatic N) is 1. The van der Waals surface area contributed by atoms with Gasteiger partial charge in [-0.1, -0.05) is 33.3 Å². The highest BCUT2D eigenvalue weighted by Crippen LogP contribution is 2.27. The van der Waals surface area contributed by atoms with Crippen LogP contribution in [-0.2, 0) is 6.54 Å². The Labute approximate surface area is 117 Å². The summed E-state index contributed by atoms with van der Waals surface area (Å²) < 4.78 is 5.43. The Morgan fingerprint density at radius 1 is 1.26 bits per heavy atom. The third kappa shape index (κ3) is 5.11. The molecule has 0 saturated carbocycles. The second-order valence-corrected chi connectivity index (χ2v) is 5.08. The summed E-state index contributed by atoms with van der Waals surface area (Å²) in [5.74, 6) is 1.51. The van der Waals surface area contributed by atoms with Crippen molar-refractivity contribution in [1.29, 1.82) is 0 Å². The van der Waals surface area contributed by atoms with E-state index in [1.807, 2.05) is 19.1 Å². The standard InChI is InChI=1S/C16H27NO2/c1-5-13(4)11-17(6-2)12-14-8-9-15(18)16(10-14)19-7-3/h8-10,13,18H,5-7,11-12H2,1-4H3. The molecule has 1 aromatic carbocycles. The summed E-state index contributed by atoms with van der Waals surface area (Å²) in [5.41, 5.74) is 1.19. The average Bonchev–Trinajstić information content (AvgIpc) is 2.41. The van der Waals surface area contributed by atoms with Crippen molar-refractivity contribution in [3.05, 3.63) is 23.8 Å². The fourth-order valence-electron chi connectivity index (χ4n) is 2.06. The molecular formula is C16H27NO2. The molecule has 0 bridgehead atoms. The van der Waals surface area contributed by atoms with Gasteiger partial charge in [-0.2, -0.15) is 0 Å². The predicted molar refractivity (Wildman–Crippen MR) is 79.7 cm³/mol. The van der Waals surface area contributed by atoms with Gasteiger partial charge in [0, 0.05) is 13.1 Å². The van der Waals surface area contributed by atoms with E-state index in [9.17, 15) is 5.11 Å². The molecule has 1 atom stereocenters. The Balaban J connectivity index is 2.71. The van der Waals surface area contributed by atoms with E-state index in [-0.39, 0.29) is 5.75 Å². The van der Waals surface area contributed by atoms with Crippen LogP contribution in [0.5, 0.6) is 11.5 Å². The fraction of sp³-hybridized carbons (Fsp3) is 0.625. The molecule has 0 saturated heterocycles. The number of hydrogen-bond donors (Lipinski definition) is 1. The molecule has 0 amide bonds. The van der Waals surface area contributed by atoms with Gasteiger partial charge in [-0.05, 0) is 37.1 Å². The highest BCUT2D eigenvalue weighted by Gasteiger charge is 2.10. The van der Waals surface area contributed by atoms with E-state index in [1.54, 1.807) is 6.07 Å². The molecule has 0 aromatic heterocycles. The molecule has 0 aliphatic heterocycles. The lowest BCUT2D eigenvalue weighted by atomic mass is 10.1. The van der Waals surface area contributed by atoms with Crippen LogP contribution in [0.1, 0.15) is 39.7 Å². The molecule has 1 aromatic rings. The van der Waals surface area contributed by atoms with Gasteiger partial charge in [0.2, 0.25) is 0 Å². The van der Waals surface area contributed by atoms with Crippen molar-refractivity contribution in [3.8, 4) is 11.5 Å². The minimum Gasteiger partial charge on any atom is -0.504 e. The van der Waals surface area contributed by atoms with Gasteiger partial charge in [0.05, 0.1) is 6.61 Å². The van der Waals surface area contributed by atoms with E-state index in [0.717, 1.165) is 19.6 Å². The van der Waals surface area contributed by atoms with Crippen molar-refractivity contribution < 1.29 is 9.84 Å². The Morgan fingerprint density at radius 3 is 2.58 bits per heavy atom. The predicted octanol–water partition coefficient (Wildman–Crippen LogP) is 3.66. The number of phenolic OH excluding ortho intramolecular Hbond substituents is 1. The van der Waals surface area contributed by atoms with Crippen LogP contribution in [0.2, 0.25) is 0 Å². The van der Waals surface area contributed by atoms with Crippen molar-refractivity contribution in [2.75, 3.05) is 19.7 Å². The van der Waals surface area contributed by atoms with Crippen LogP contribution < -0.4 is 4.74 Å². The average molecular weight is 265 g/mol. The number of benzene rings is 1. The zero-order valence-electron chi connectivity index (χ0n) is 12.6. The number of hydrogen-bond acceptors (Lipinski definition) is 3. The van der Waals surface area contributed by atoms with E-state index in [0.29, 0.717) is 18.3 Å². The van der Waals surface area contributed by atoms with Crippen LogP contribution in [0.3, 0.4) is 0 Å². The maximum absolute atomic E-state index is 9.70. The molecule has 19 heavy (non-hydrogen) atoms. The van der Waals surface area contributed by atoms with Gasteiger partial charge in [0.15, 0.2) is 11.5 Å². The maximum Gasteiger partial charge on any atom is 0.161 e. The number of phenols is 1. The summed E-state index contributed by atoms with van der Waals surface area (Å²) >= 11 is 0. The summed E-state index contributed by atoms with van der Waals surface area (Å²) in [6.07, 6.45) is 1.20. The van der Waals surface area contributed by atoms with E-state index in [2.05, 4.69) is 25.7 Å². The highest BCUT2D eigenvalue weighted by atomic mass is 16.5. The van der Waals surface area contributed by atoms with Gasteiger partial charge in [-0.15, -0.1) is 0 Å². The number of rotatable bonds is 8. The van der Waals surface area contributed by atoms with Crippen LogP contribution in [0.25, 0.3) is 0 Å². The van der Waals surface area contributed by atoms with Gasteiger partial charge in [-0.25, -0.2) is 0 Å². The van der Waals surface area contributed by atoms with Gasteiger partial charge >= 0.3 is 0 Å². The first-order valence-corrected chi connectivity index (χ1v) is 7.27. The molecular weight excluding hydrogens is 238 g/mol. The second kappa shape index (κ2) is 8.05. The molecule has 1 unspecified atom stereocenters. The molecule has 0 heterocycles. The molecule has 1 N–H and O–H groups in total. The number of aromatic hydroxyl groups is 1. The van der Waals surface area contributed by atoms with Crippen LogP contribution in [0.15, 0.2) is 18.2 Å². The fourth-order valence-corrected chi connectivity index (χ4v) is 2.06. The minimum absolute atomic E-state index is 0.218. The lowest BCUT2D eigenvalue weighted by Crippen LogP contribution is -2.27. The topological polar surface area (TPSA) is 32.7 Å². The molecule has 0 spiro atoms. The van der Waals surface area contributed by atoms with Crippen molar-refractivity contribution in [2.45, 2.75) is 40.7 Å². The quantitative estimate of drug-likeness (QED) is 0.778. The Kier molecular flexibility index (Phi) is 6.71. The third-order valence-corrected chi connectivity index (χ3v) is 3.44. The summed E-state index contributed by atoms with van der Waals surface area (Å²) in [4.78, 5) is 2.43. The van der Waals surface area contributed by atoms with E-state index >= 15 is 0 Å². The molecule has 108 valence electrons. The monoisotopic (exact) mass is 265 g/mol. The summed E-state index contributed by atoms with van der Waals surface area (Å²) in [5, 5.41) is 9.70. The molecule has 0 aliphatic rings. The zero-order chi connectivity index (χ0) is 14.3. The highest BCUT2D eigenvalue weighted by molar-refractivity contribution is 5.41. The SMILES string of the molecule is CCOc1cc(CN(CC)CC(C)CC)ccc1O. The lowest BCUT2D eigenvalue weighted by Gasteiger charge is -2.24. The molecule has 0 aliphatic carbocycles.